The van der Waals surface area contributed by atoms with E-state index in [0.717, 1.165) is 29.3 Å². The topological polar surface area (TPSA) is 98.8 Å². The van der Waals surface area contributed by atoms with Crippen molar-refractivity contribution in [2.24, 2.45) is 16.7 Å². The highest BCUT2D eigenvalue weighted by Crippen LogP contribution is 2.67. The van der Waals surface area contributed by atoms with Crippen LogP contribution in [0, 0.1) is 16.7 Å². The van der Waals surface area contributed by atoms with Crippen molar-refractivity contribution >= 4 is 29.3 Å². The van der Waals surface area contributed by atoms with Crippen LogP contribution in [-0.4, -0.2) is 83.9 Å². The fourth-order valence-corrected chi connectivity index (χ4v) is 14.7. The van der Waals surface area contributed by atoms with Crippen LogP contribution in [0.1, 0.15) is 85.0 Å². The highest BCUT2D eigenvalue weighted by molar-refractivity contribution is 6.73. The summed E-state index contributed by atoms with van der Waals surface area (Å²) in [6.07, 6.45) is 0.372. The van der Waals surface area contributed by atoms with Crippen molar-refractivity contribution in [3.05, 3.63) is 59.7 Å². The van der Waals surface area contributed by atoms with Crippen molar-refractivity contribution in [3.8, 4) is 0 Å². The molecule has 10 atom stereocenters. The number of hydrogen-bond acceptors (Lipinski definition) is 9. The molecular formula is C40H59O9Si2. The van der Waals surface area contributed by atoms with Crippen LogP contribution in [0.5, 0.6) is 0 Å². The molecular weight excluding hydrogens is 681 g/mol. The maximum absolute atomic E-state index is 14.5. The van der Waals surface area contributed by atoms with Gasteiger partial charge in [-0.2, -0.15) is 0 Å². The van der Waals surface area contributed by atoms with Crippen LogP contribution in [-0.2, 0) is 37.3 Å². The quantitative estimate of drug-likeness (QED) is 0.128. The van der Waals surface area contributed by atoms with Gasteiger partial charge in [-0.15, -0.1) is 0 Å². The molecule has 2 saturated carbocycles. The van der Waals surface area contributed by atoms with Crippen molar-refractivity contribution in [2.45, 2.75) is 154 Å². The lowest BCUT2D eigenvalue weighted by Gasteiger charge is -2.69. The van der Waals surface area contributed by atoms with Gasteiger partial charge in [-0.1, -0.05) is 66.3 Å². The molecule has 5 aliphatic rings. The molecule has 2 saturated heterocycles. The van der Waals surface area contributed by atoms with Crippen molar-refractivity contribution in [2.75, 3.05) is 6.61 Å². The molecule has 9 unspecified atom stereocenters. The van der Waals surface area contributed by atoms with Crippen LogP contribution in [0.3, 0.4) is 0 Å². The molecule has 4 fully saturated rings. The largest absolute Gasteiger partial charge is 0.455 e. The number of carbonyl (C=O) groups is 2. The molecule has 6 rings (SSSR count). The molecule has 1 aromatic carbocycles. The summed E-state index contributed by atoms with van der Waals surface area (Å²) in [5.41, 5.74) is -0.956. The summed E-state index contributed by atoms with van der Waals surface area (Å²) in [4.78, 5) is 27.7. The summed E-state index contributed by atoms with van der Waals surface area (Å²) < 4.78 is 48.6. The van der Waals surface area contributed by atoms with Crippen molar-refractivity contribution < 1.29 is 42.1 Å². The Bertz CT molecular complexity index is 1520. The van der Waals surface area contributed by atoms with E-state index in [1.807, 2.05) is 18.2 Å². The third kappa shape index (κ3) is 5.97. The van der Waals surface area contributed by atoms with E-state index in [1.54, 1.807) is 18.2 Å². The van der Waals surface area contributed by atoms with Gasteiger partial charge in [-0.05, 0) is 80.3 Å². The van der Waals surface area contributed by atoms with E-state index < -0.39 is 81.8 Å². The molecule has 1 radical (unpaired) electrons. The van der Waals surface area contributed by atoms with E-state index in [-0.39, 0.29) is 18.8 Å². The van der Waals surface area contributed by atoms with E-state index in [0.29, 0.717) is 24.8 Å². The average molecular weight is 740 g/mol. The smallest absolute Gasteiger partial charge is 0.338 e. The maximum atomic E-state index is 14.5. The third-order valence-corrected chi connectivity index (χ3v) is 18.8. The summed E-state index contributed by atoms with van der Waals surface area (Å²) in [5, 5.41) is 0. The SMILES string of the molecule is C=CC1OC2C3=C(C)C(O[Si](CC)(CC)CC)CC(O[Si](C)C)(C(OC(=O)c4ccccc4)C4C5(OC(C)=O)COC5CC[C@@]4(C)C2O1)C3(C)C. The van der Waals surface area contributed by atoms with E-state index in [2.05, 4.69) is 68.1 Å². The van der Waals surface area contributed by atoms with E-state index >= 15 is 0 Å². The van der Waals surface area contributed by atoms with Gasteiger partial charge in [0.25, 0.3) is 0 Å². The number of ether oxygens (including phenoxy) is 5. The number of esters is 2. The molecule has 3 aliphatic carbocycles. The molecule has 2 aliphatic heterocycles. The molecule has 2 heterocycles. The first-order valence-corrected chi connectivity index (χ1v) is 23.9. The molecule has 1 aromatic rings. The van der Waals surface area contributed by atoms with Crippen LogP contribution in [0.4, 0.5) is 0 Å². The normalized spacial score (nSPS) is 38.4. The summed E-state index contributed by atoms with van der Waals surface area (Å²) in [7, 11) is -3.63. The van der Waals surface area contributed by atoms with Crippen molar-refractivity contribution in [1.82, 2.24) is 0 Å². The van der Waals surface area contributed by atoms with Crippen LogP contribution < -0.4 is 0 Å². The Hall–Kier alpha value is -2.13. The highest BCUT2D eigenvalue weighted by atomic mass is 28.4. The lowest BCUT2D eigenvalue weighted by atomic mass is 9.45. The fraction of sp³-hybridized carbons (Fsp3) is 0.700. The molecule has 0 aromatic heterocycles. The Morgan fingerprint density at radius 3 is 2.27 bits per heavy atom. The Kier molecular flexibility index (Phi) is 10.5. The second kappa shape index (κ2) is 13.9. The van der Waals surface area contributed by atoms with Crippen LogP contribution in [0.15, 0.2) is 54.1 Å². The third-order valence-electron chi connectivity index (χ3n) is 13.4. The number of fused-ring (bicyclic) bond motifs is 8. The van der Waals surface area contributed by atoms with Crippen LogP contribution in [0.25, 0.3) is 0 Å². The van der Waals surface area contributed by atoms with Gasteiger partial charge in [0.15, 0.2) is 20.2 Å². The summed E-state index contributed by atoms with van der Waals surface area (Å²) in [5.74, 6) is -1.42. The molecule has 9 nitrogen and oxygen atoms in total. The molecule has 0 N–H and O–H groups in total. The van der Waals surface area contributed by atoms with Crippen molar-refractivity contribution in [3.63, 3.8) is 0 Å². The maximum Gasteiger partial charge on any atom is 0.338 e. The van der Waals surface area contributed by atoms with Gasteiger partial charge in [0.05, 0.1) is 30.3 Å². The fourth-order valence-electron chi connectivity index (χ4n) is 10.6. The number of carbonyl (C=O) groups excluding carboxylic acids is 2. The van der Waals surface area contributed by atoms with E-state index in [9.17, 15) is 9.59 Å². The zero-order valence-electron chi connectivity index (χ0n) is 32.3. The van der Waals surface area contributed by atoms with E-state index in [4.69, 9.17) is 32.5 Å². The molecule has 0 amide bonds. The van der Waals surface area contributed by atoms with Gasteiger partial charge in [0.1, 0.15) is 23.9 Å². The predicted octanol–water partition coefficient (Wildman–Crippen LogP) is 7.78. The molecule has 281 valence electrons. The van der Waals surface area contributed by atoms with Crippen LogP contribution in [0.2, 0.25) is 31.2 Å². The molecule has 11 heteroatoms. The van der Waals surface area contributed by atoms with Gasteiger partial charge in [-0.25, -0.2) is 4.79 Å². The Labute approximate surface area is 307 Å². The van der Waals surface area contributed by atoms with Crippen molar-refractivity contribution in [1.29, 1.82) is 0 Å². The minimum absolute atomic E-state index is 0.186. The second-order valence-corrected chi connectivity index (χ2v) is 23.2. The Morgan fingerprint density at radius 1 is 1.06 bits per heavy atom. The Balaban J connectivity index is 1.69. The lowest BCUT2D eigenvalue weighted by molar-refractivity contribution is -0.343. The number of benzene rings is 1. The van der Waals surface area contributed by atoms with Crippen LogP contribution >= 0.6 is 0 Å². The first-order chi connectivity index (χ1) is 24.1. The standard InChI is InChI=1S/C40H59O9Si2/c1-12-30-44-32-31-25(5)28(48-51(13-2,14-3)15-4)23-40(37(31,7)8,49-50(10)11)35(46-36(42)27-19-17-16-18-20-27)33-38(9,34(32)45-30)22-21-29-39(33,24-43-29)47-26(6)41/h12,16-20,28-30,32-35H,1,13-15,21-24H2,2-11H3/t28?,29?,30?,32?,33?,34?,35?,38-,39?,40?/m1/s1. The first-order valence-electron chi connectivity index (χ1n) is 19.0. The lowest BCUT2D eigenvalue weighted by Crippen LogP contribution is -2.80. The van der Waals surface area contributed by atoms with E-state index in [1.165, 1.54) is 6.92 Å². The second-order valence-electron chi connectivity index (χ2n) is 16.5. The summed E-state index contributed by atoms with van der Waals surface area (Å²) in [6, 6.07) is 12.1. The Morgan fingerprint density at radius 2 is 1.73 bits per heavy atom. The van der Waals surface area contributed by atoms with Gasteiger partial charge in [0.2, 0.25) is 9.04 Å². The van der Waals surface area contributed by atoms with Gasteiger partial charge in [-0.3, -0.25) is 4.79 Å². The molecule has 2 bridgehead atoms. The van der Waals surface area contributed by atoms with Gasteiger partial charge < -0.3 is 32.5 Å². The minimum Gasteiger partial charge on any atom is -0.455 e. The average Bonchev–Trinajstić information content (AvgIpc) is 3.51. The van der Waals surface area contributed by atoms with Gasteiger partial charge in [0, 0.05) is 24.2 Å². The number of hydrogen-bond donors (Lipinski definition) is 0. The zero-order valence-corrected chi connectivity index (χ0v) is 34.3. The number of rotatable bonds is 11. The molecule has 51 heavy (non-hydrogen) atoms. The summed E-state index contributed by atoms with van der Waals surface area (Å²) >= 11 is 0. The minimum atomic E-state index is -2.17. The predicted molar refractivity (Wildman–Crippen MR) is 199 cm³/mol. The monoisotopic (exact) mass is 739 g/mol. The van der Waals surface area contributed by atoms with Gasteiger partial charge >= 0.3 is 11.9 Å². The first kappa shape index (κ1) is 38.6. The summed E-state index contributed by atoms with van der Waals surface area (Å²) in [6.45, 7) is 25.5. The zero-order chi connectivity index (χ0) is 37.1. The molecule has 0 spiro atoms. The highest BCUT2D eigenvalue weighted by Gasteiger charge is 2.77.